The van der Waals surface area contributed by atoms with Crippen molar-refractivity contribution in [1.29, 1.82) is 0 Å². The lowest BCUT2D eigenvalue weighted by atomic mass is 9.68. The molecule has 0 spiro atoms. The molecule has 2 aromatic rings. The number of hydrogen-bond donors (Lipinski definition) is 1. The van der Waals surface area contributed by atoms with Gasteiger partial charge in [-0.3, -0.25) is 9.79 Å². The molecular weight excluding hydrogens is 406 g/mol. The number of nitrogens with one attached hydrogen (secondary N) is 1. The van der Waals surface area contributed by atoms with Crippen molar-refractivity contribution in [3.05, 3.63) is 54.1 Å². The molecule has 6 heteroatoms. The summed E-state index contributed by atoms with van der Waals surface area (Å²) in [7, 11) is 1.65. The van der Waals surface area contributed by atoms with Crippen LogP contribution in [-0.4, -0.2) is 30.3 Å². The fourth-order valence-electron chi connectivity index (χ4n) is 4.73. The third-order valence-corrected chi connectivity index (χ3v) is 6.36. The Balaban J connectivity index is 1.95. The van der Waals surface area contributed by atoms with Crippen LogP contribution in [-0.2, 0) is 4.79 Å². The first-order chi connectivity index (χ1) is 14.8. The number of ketones is 1. The molecule has 0 bridgehead atoms. The lowest BCUT2D eigenvalue weighted by Crippen LogP contribution is -2.49. The van der Waals surface area contributed by atoms with Crippen molar-refractivity contribution in [2.75, 3.05) is 18.6 Å². The monoisotopic (exact) mass is 435 g/mol. The zero-order chi connectivity index (χ0) is 22.2. The highest BCUT2D eigenvalue weighted by Crippen LogP contribution is 2.48. The number of nitrogens with zero attached hydrogens (tertiary/aromatic N) is 2. The summed E-state index contributed by atoms with van der Waals surface area (Å²) in [4.78, 5) is 20.7. The second-order valence-corrected chi connectivity index (χ2v) is 9.36. The number of fused-ring (bicyclic) bond motifs is 2. The zero-order valence-corrected chi connectivity index (χ0v) is 19.3. The predicted octanol–water partition coefficient (Wildman–Crippen LogP) is 5.23. The lowest BCUT2D eigenvalue weighted by molar-refractivity contribution is -0.124. The summed E-state index contributed by atoms with van der Waals surface area (Å²) in [6, 6.07) is 15.7. The summed E-state index contributed by atoms with van der Waals surface area (Å²) in [5.41, 5.74) is 3.62. The van der Waals surface area contributed by atoms with Crippen molar-refractivity contribution in [2.24, 2.45) is 16.3 Å². The van der Waals surface area contributed by atoms with Gasteiger partial charge >= 0.3 is 0 Å². The number of carbonyl (C=O) groups is 1. The smallest absolute Gasteiger partial charge is 0.174 e. The van der Waals surface area contributed by atoms with Gasteiger partial charge in [0.05, 0.1) is 30.4 Å². The molecule has 0 saturated heterocycles. The Morgan fingerprint density at radius 3 is 2.58 bits per heavy atom. The van der Waals surface area contributed by atoms with Crippen LogP contribution in [0.3, 0.4) is 0 Å². The Labute approximate surface area is 189 Å². The number of ether oxygens (including phenoxy) is 1. The maximum atomic E-state index is 13.6. The minimum atomic E-state index is -0.356. The molecule has 1 fully saturated rings. The summed E-state index contributed by atoms with van der Waals surface area (Å²) < 4.78 is 5.36. The van der Waals surface area contributed by atoms with Crippen molar-refractivity contribution in [2.45, 2.75) is 39.7 Å². The van der Waals surface area contributed by atoms with E-state index in [1.54, 1.807) is 7.11 Å². The predicted molar refractivity (Wildman–Crippen MR) is 130 cm³/mol. The number of methoxy groups -OCH3 is 1. The maximum absolute atomic E-state index is 13.6. The number of hydrogen-bond acceptors (Lipinski definition) is 4. The molecule has 5 nitrogen and oxygen atoms in total. The third-order valence-electron chi connectivity index (χ3n) is 6.02. The second-order valence-electron chi connectivity index (χ2n) is 8.98. The largest absolute Gasteiger partial charge is 0.497 e. The van der Waals surface area contributed by atoms with Gasteiger partial charge in [0.25, 0.3) is 0 Å². The Bertz CT molecular complexity index is 1030. The number of rotatable bonds is 3. The summed E-state index contributed by atoms with van der Waals surface area (Å²) in [5.74, 6) is 0.641. The first-order valence-corrected chi connectivity index (χ1v) is 11.2. The molecule has 1 N–H and O–H groups in total. The van der Waals surface area contributed by atoms with E-state index in [0.29, 0.717) is 18.1 Å². The van der Waals surface area contributed by atoms with Crippen LogP contribution in [0.5, 0.6) is 5.75 Å². The average molecular weight is 436 g/mol. The summed E-state index contributed by atoms with van der Waals surface area (Å²) >= 11 is 5.84. The van der Waals surface area contributed by atoms with Crippen LogP contribution in [0.15, 0.2) is 53.5 Å². The first-order valence-electron chi connectivity index (χ1n) is 10.7. The third kappa shape index (κ3) is 4.09. The normalized spacial score (nSPS) is 22.0. The molecule has 1 aliphatic heterocycles. The van der Waals surface area contributed by atoms with Crippen molar-refractivity contribution in [3.63, 3.8) is 0 Å². The summed E-state index contributed by atoms with van der Waals surface area (Å²) in [6.45, 7) is 7.01. The zero-order valence-electron chi connectivity index (χ0n) is 18.5. The van der Waals surface area contributed by atoms with E-state index < -0.39 is 0 Å². The first kappa shape index (κ1) is 21.5. The number of aliphatic imine (C=N–C) groups is 1. The van der Waals surface area contributed by atoms with Gasteiger partial charge in [0.2, 0.25) is 0 Å². The molecule has 0 amide bonds. The second kappa shape index (κ2) is 8.42. The number of thiocarbonyl (C=S) groups is 1. The summed E-state index contributed by atoms with van der Waals surface area (Å²) in [6.07, 6.45) is 1.31. The topological polar surface area (TPSA) is 53.9 Å². The molecule has 1 heterocycles. The van der Waals surface area contributed by atoms with Crippen LogP contribution in [0.2, 0.25) is 0 Å². The van der Waals surface area contributed by atoms with Gasteiger partial charge in [0, 0.05) is 18.7 Å². The van der Waals surface area contributed by atoms with Gasteiger partial charge in [-0.15, -0.1) is 0 Å². The van der Waals surface area contributed by atoms with Crippen LogP contribution >= 0.6 is 12.2 Å². The van der Waals surface area contributed by atoms with E-state index in [4.69, 9.17) is 21.9 Å². The number of para-hydroxylation sites is 2. The SMILES string of the molecule is CCNC(=S)N1c2ccccc2N=C2CC(C)(C)CC(=O)C2C1c1ccc(OC)cc1. The van der Waals surface area contributed by atoms with E-state index >= 15 is 0 Å². The lowest BCUT2D eigenvalue weighted by Gasteiger charge is -2.41. The van der Waals surface area contributed by atoms with Gasteiger partial charge in [-0.2, -0.15) is 0 Å². The van der Waals surface area contributed by atoms with E-state index in [1.165, 1.54) is 0 Å². The number of Topliss-reactive ketones (excluding diaryl/α,β-unsaturated/α-hetero) is 1. The Hall–Kier alpha value is -2.73. The number of carbonyl (C=O) groups excluding carboxylic acids is 1. The fourth-order valence-corrected chi connectivity index (χ4v) is 5.08. The van der Waals surface area contributed by atoms with E-state index in [-0.39, 0.29) is 23.2 Å². The van der Waals surface area contributed by atoms with Gasteiger partial charge in [-0.25, -0.2) is 0 Å². The number of benzene rings is 2. The average Bonchev–Trinajstić information content (AvgIpc) is 2.87. The van der Waals surface area contributed by atoms with Crippen LogP contribution in [0.4, 0.5) is 11.4 Å². The minimum Gasteiger partial charge on any atom is -0.497 e. The Kier molecular flexibility index (Phi) is 5.84. The summed E-state index contributed by atoms with van der Waals surface area (Å²) in [5, 5.41) is 3.90. The molecule has 2 aromatic carbocycles. The molecule has 2 aliphatic rings. The molecule has 0 radical (unpaired) electrons. The van der Waals surface area contributed by atoms with Gasteiger partial charge in [-0.1, -0.05) is 38.1 Å². The highest BCUT2D eigenvalue weighted by atomic mass is 32.1. The van der Waals surface area contributed by atoms with Crippen LogP contribution < -0.4 is 15.0 Å². The molecule has 162 valence electrons. The van der Waals surface area contributed by atoms with E-state index in [2.05, 4.69) is 24.1 Å². The van der Waals surface area contributed by atoms with Gasteiger partial charge in [0.15, 0.2) is 5.11 Å². The molecule has 4 rings (SSSR count). The quantitative estimate of drug-likeness (QED) is 0.669. The molecule has 31 heavy (non-hydrogen) atoms. The highest BCUT2D eigenvalue weighted by Gasteiger charge is 2.47. The molecule has 2 atom stereocenters. The number of anilines is 1. The molecular formula is C25H29N3O2S. The van der Waals surface area contributed by atoms with Crippen molar-refractivity contribution < 1.29 is 9.53 Å². The maximum Gasteiger partial charge on any atom is 0.174 e. The molecule has 1 saturated carbocycles. The van der Waals surface area contributed by atoms with Crippen LogP contribution in [0.25, 0.3) is 0 Å². The molecule has 2 unspecified atom stereocenters. The van der Waals surface area contributed by atoms with Crippen LogP contribution in [0.1, 0.15) is 45.2 Å². The van der Waals surface area contributed by atoms with E-state index in [0.717, 1.165) is 34.8 Å². The standard InChI is InChI=1S/C25H29N3O2S/c1-5-26-24(31)28-20-9-7-6-8-18(20)27-19-14-25(2,3)15-21(29)22(19)23(28)16-10-12-17(30-4)13-11-16/h6-13,22-23H,5,14-15H2,1-4H3,(H,26,31). The highest BCUT2D eigenvalue weighted by molar-refractivity contribution is 7.80. The Morgan fingerprint density at radius 2 is 1.90 bits per heavy atom. The van der Waals surface area contributed by atoms with E-state index in [1.807, 2.05) is 55.5 Å². The Morgan fingerprint density at radius 1 is 1.19 bits per heavy atom. The molecule has 1 aliphatic carbocycles. The minimum absolute atomic E-state index is 0.108. The van der Waals surface area contributed by atoms with Crippen molar-refractivity contribution >= 4 is 40.2 Å². The van der Waals surface area contributed by atoms with Gasteiger partial charge in [0.1, 0.15) is 11.5 Å². The van der Waals surface area contributed by atoms with Crippen LogP contribution in [0, 0.1) is 11.3 Å². The van der Waals surface area contributed by atoms with Crippen molar-refractivity contribution in [1.82, 2.24) is 5.32 Å². The fraction of sp³-hybridized carbons (Fsp3) is 0.400. The van der Waals surface area contributed by atoms with E-state index in [9.17, 15) is 4.79 Å². The molecule has 0 aromatic heterocycles. The van der Waals surface area contributed by atoms with Gasteiger partial charge in [-0.05, 0) is 60.8 Å². The van der Waals surface area contributed by atoms with Gasteiger partial charge < -0.3 is 15.0 Å². The van der Waals surface area contributed by atoms with Crippen molar-refractivity contribution in [3.8, 4) is 5.75 Å².